The van der Waals surface area contributed by atoms with Crippen LogP contribution in [0, 0.1) is 0 Å². The zero-order valence-electron chi connectivity index (χ0n) is 16.0. The van der Waals surface area contributed by atoms with Crippen molar-refractivity contribution >= 4 is 15.9 Å². The van der Waals surface area contributed by atoms with E-state index in [0.717, 1.165) is 16.9 Å². The number of hydrogen-bond acceptors (Lipinski definition) is 6. The molecule has 4 rings (SSSR count). The van der Waals surface area contributed by atoms with E-state index >= 15 is 0 Å². The van der Waals surface area contributed by atoms with E-state index in [4.69, 9.17) is 14.2 Å². The molecule has 0 unspecified atom stereocenters. The first-order chi connectivity index (χ1) is 14.0. The van der Waals surface area contributed by atoms with E-state index < -0.39 is 10.0 Å². The van der Waals surface area contributed by atoms with E-state index in [0.29, 0.717) is 36.6 Å². The summed E-state index contributed by atoms with van der Waals surface area (Å²) in [5, 5.41) is 2.66. The van der Waals surface area contributed by atoms with Crippen LogP contribution in [0.5, 0.6) is 17.2 Å². The maximum atomic E-state index is 12.7. The van der Waals surface area contributed by atoms with E-state index in [1.54, 1.807) is 25.3 Å². The fourth-order valence-electron chi connectivity index (χ4n) is 3.43. The van der Waals surface area contributed by atoms with Gasteiger partial charge in [-0.15, -0.1) is 0 Å². The summed E-state index contributed by atoms with van der Waals surface area (Å²) in [6.45, 7) is 0.905. The molecule has 0 saturated heterocycles. The maximum absolute atomic E-state index is 12.7. The van der Waals surface area contributed by atoms with Crippen molar-refractivity contribution in [2.75, 3.05) is 32.7 Å². The molecule has 2 aliphatic heterocycles. The van der Waals surface area contributed by atoms with Crippen LogP contribution in [-0.4, -0.2) is 51.4 Å². The smallest absolute Gasteiger partial charge is 0.251 e. The van der Waals surface area contributed by atoms with E-state index in [2.05, 4.69) is 5.32 Å². The Morgan fingerprint density at radius 1 is 1.14 bits per heavy atom. The van der Waals surface area contributed by atoms with Crippen molar-refractivity contribution in [2.45, 2.75) is 13.0 Å². The topological polar surface area (TPSA) is 94.2 Å². The Bertz CT molecular complexity index is 1040. The van der Waals surface area contributed by atoms with Crippen LogP contribution >= 0.6 is 0 Å². The lowest BCUT2D eigenvalue weighted by atomic mass is 10.0. The molecule has 9 heteroatoms. The quantitative estimate of drug-likeness (QED) is 0.765. The number of benzene rings is 2. The average molecular weight is 418 g/mol. The predicted octanol–water partition coefficient (Wildman–Crippen LogP) is 1.54. The fraction of sp³-hybridized carbons (Fsp3) is 0.350. The molecule has 8 nitrogen and oxygen atoms in total. The molecule has 0 spiro atoms. The Morgan fingerprint density at radius 2 is 1.97 bits per heavy atom. The Hall–Kier alpha value is -2.78. The van der Waals surface area contributed by atoms with Crippen LogP contribution in [0.2, 0.25) is 0 Å². The van der Waals surface area contributed by atoms with Crippen LogP contribution in [0.3, 0.4) is 0 Å². The molecule has 2 aliphatic rings. The lowest BCUT2D eigenvalue weighted by Gasteiger charge is -2.28. The third kappa shape index (κ3) is 4.15. The molecule has 0 fully saturated rings. The minimum Gasteiger partial charge on any atom is -0.497 e. The summed E-state index contributed by atoms with van der Waals surface area (Å²) in [4.78, 5) is 12.3. The van der Waals surface area contributed by atoms with Crippen molar-refractivity contribution in [2.24, 2.45) is 0 Å². The fourth-order valence-corrected chi connectivity index (χ4v) is 4.75. The zero-order chi connectivity index (χ0) is 20.4. The van der Waals surface area contributed by atoms with E-state index in [9.17, 15) is 13.2 Å². The van der Waals surface area contributed by atoms with E-state index in [-0.39, 0.29) is 25.0 Å². The molecule has 154 valence electrons. The molecule has 0 aliphatic carbocycles. The van der Waals surface area contributed by atoms with Gasteiger partial charge in [0.1, 0.15) is 5.75 Å². The molecule has 1 N–H and O–H groups in total. The second kappa shape index (κ2) is 7.92. The highest BCUT2D eigenvalue weighted by molar-refractivity contribution is 7.89. The molecular weight excluding hydrogens is 396 g/mol. The summed E-state index contributed by atoms with van der Waals surface area (Å²) in [6, 6.07) is 10.5. The number of rotatable bonds is 6. The van der Waals surface area contributed by atoms with Crippen LogP contribution < -0.4 is 19.5 Å². The number of nitrogens with zero attached hydrogens (tertiary/aromatic N) is 1. The highest BCUT2D eigenvalue weighted by atomic mass is 32.2. The number of hydrogen-bond donors (Lipinski definition) is 1. The first-order valence-electron chi connectivity index (χ1n) is 9.28. The van der Waals surface area contributed by atoms with Crippen molar-refractivity contribution in [3.8, 4) is 17.2 Å². The SMILES string of the molecule is COc1ccc2c(c1)CCN(S(=O)(=O)CCNC(=O)c1ccc3c(c1)OCO3)C2. The summed E-state index contributed by atoms with van der Waals surface area (Å²) in [5.41, 5.74) is 2.48. The summed E-state index contributed by atoms with van der Waals surface area (Å²) < 4.78 is 42.6. The van der Waals surface area contributed by atoms with Crippen molar-refractivity contribution in [1.82, 2.24) is 9.62 Å². The van der Waals surface area contributed by atoms with Gasteiger partial charge >= 0.3 is 0 Å². The zero-order valence-corrected chi connectivity index (χ0v) is 16.8. The normalized spacial score (nSPS) is 15.6. The third-order valence-corrected chi connectivity index (χ3v) is 6.88. The molecule has 0 atom stereocenters. The molecule has 29 heavy (non-hydrogen) atoms. The highest BCUT2D eigenvalue weighted by Gasteiger charge is 2.27. The van der Waals surface area contributed by atoms with Crippen LogP contribution in [0.15, 0.2) is 36.4 Å². The van der Waals surface area contributed by atoms with Gasteiger partial charge in [-0.05, 0) is 47.9 Å². The van der Waals surface area contributed by atoms with Crippen LogP contribution in [0.4, 0.5) is 0 Å². The first kappa shape index (κ1) is 19.5. The molecule has 0 saturated carbocycles. The minimum absolute atomic E-state index is 0.0293. The number of fused-ring (bicyclic) bond motifs is 2. The van der Waals surface area contributed by atoms with Gasteiger partial charge in [0, 0.05) is 25.2 Å². The van der Waals surface area contributed by atoms with Gasteiger partial charge in [-0.3, -0.25) is 4.79 Å². The molecule has 0 bridgehead atoms. The van der Waals surface area contributed by atoms with E-state index in [1.165, 1.54) is 4.31 Å². The highest BCUT2D eigenvalue weighted by Crippen LogP contribution is 2.32. The van der Waals surface area contributed by atoms with Crippen LogP contribution in [0.25, 0.3) is 0 Å². The molecular formula is C20H22N2O6S. The number of carbonyl (C=O) groups excluding carboxylic acids is 1. The van der Waals surface area contributed by atoms with Gasteiger partial charge < -0.3 is 19.5 Å². The Balaban J connectivity index is 1.34. The predicted molar refractivity (Wildman–Crippen MR) is 106 cm³/mol. The second-order valence-electron chi connectivity index (χ2n) is 6.86. The molecule has 2 aromatic rings. The van der Waals surface area contributed by atoms with Gasteiger partial charge in [-0.25, -0.2) is 8.42 Å². The molecule has 1 amide bonds. The molecule has 0 radical (unpaired) electrons. The lowest BCUT2D eigenvalue weighted by Crippen LogP contribution is -2.40. The summed E-state index contributed by atoms with van der Waals surface area (Å²) in [5.74, 6) is 1.36. The van der Waals surface area contributed by atoms with Crippen molar-refractivity contribution < 1.29 is 27.4 Å². The van der Waals surface area contributed by atoms with Crippen LogP contribution in [0.1, 0.15) is 21.5 Å². The minimum atomic E-state index is -3.49. The second-order valence-corrected chi connectivity index (χ2v) is 8.95. The molecule has 2 heterocycles. The number of methoxy groups -OCH3 is 1. The number of amides is 1. The third-order valence-electron chi connectivity index (χ3n) is 5.06. The van der Waals surface area contributed by atoms with Gasteiger partial charge in [0.05, 0.1) is 12.9 Å². The van der Waals surface area contributed by atoms with Gasteiger partial charge in [-0.1, -0.05) is 6.07 Å². The van der Waals surface area contributed by atoms with Crippen molar-refractivity contribution in [1.29, 1.82) is 0 Å². The monoisotopic (exact) mass is 418 g/mol. The number of nitrogens with one attached hydrogen (secondary N) is 1. The standard InChI is InChI=1S/C20H22N2O6S/c1-26-17-4-2-16-12-22(8-6-14(16)10-17)29(24,25)9-7-21-20(23)15-3-5-18-19(11-15)28-13-27-18/h2-5,10-11H,6-9,12-13H2,1H3,(H,21,23). The number of carbonyl (C=O) groups is 1. The van der Waals surface area contributed by atoms with Gasteiger partial charge in [0.15, 0.2) is 11.5 Å². The Kier molecular flexibility index (Phi) is 5.33. The first-order valence-corrected chi connectivity index (χ1v) is 10.9. The van der Waals surface area contributed by atoms with Crippen molar-refractivity contribution in [3.63, 3.8) is 0 Å². The Morgan fingerprint density at radius 3 is 2.79 bits per heavy atom. The van der Waals surface area contributed by atoms with Gasteiger partial charge in [0.2, 0.25) is 16.8 Å². The van der Waals surface area contributed by atoms with Gasteiger partial charge in [-0.2, -0.15) is 4.31 Å². The van der Waals surface area contributed by atoms with Crippen LogP contribution in [-0.2, 0) is 23.0 Å². The summed E-state index contributed by atoms with van der Waals surface area (Å²) in [7, 11) is -1.88. The van der Waals surface area contributed by atoms with Gasteiger partial charge in [0.25, 0.3) is 5.91 Å². The maximum Gasteiger partial charge on any atom is 0.251 e. The summed E-state index contributed by atoms with van der Waals surface area (Å²) >= 11 is 0. The lowest BCUT2D eigenvalue weighted by molar-refractivity contribution is 0.0955. The largest absolute Gasteiger partial charge is 0.497 e. The van der Waals surface area contributed by atoms with E-state index in [1.807, 2.05) is 18.2 Å². The summed E-state index contributed by atoms with van der Waals surface area (Å²) in [6.07, 6.45) is 0.634. The molecule has 2 aromatic carbocycles. The number of ether oxygens (including phenoxy) is 3. The number of sulfonamides is 1. The Labute approximate surface area is 169 Å². The molecule has 0 aromatic heterocycles. The average Bonchev–Trinajstić information content (AvgIpc) is 3.20. The van der Waals surface area contributed by atoms with Crippen molar-refractivity contribution in [3.05, 3.63) is 53.1 Å².